The second kappa shape index (κ2) is 6.18. The molecule has 1 atom stereocenters. The molecular formula is C12H17ClN4O3S. The molecule has 2 aromatic heterocycles. The third kappa shape index (κ3) is 3.46. The number of imidazole rings is 1. The summed E-state index contributed by atoms with van der Waals surface area (Å²) in [4.78, 5) is 5.68. The summed E-state index contributed by atoms with van der Waals surface area (Å²) in [6, 6.07) is 3.33. The Hall–Kier alpha value is -1.35. The molecule has 0 saturated heterocycles. The molecular weight excluding hydrogens is 316 g/mol. The topological polar surface area (TPSA) is 80.4 Å². The fourth-order valence-electron chi connectivity index (χ4n) is 1.85. The van der Waals surface area contributed by atoms with Crippen molar-refractivity contribution in [3.8, 4) is 0 Å². The van der Waals surface area contributed by atoms with Crippen molar-refractivity contribution in [2.24, 2.45) is 7.05 Å². The van der Waals surface area contributed by atoms with Crippen LogP contribution < -0.4 is 4.72 Å². The van der Waals surface area contributed by atoms with E-state index in [9.17, 15) is 8.42 Å². The molecule has 1 N–H and O–H groups in total. The normalized spacial score (nSPS) is 13.8. The monoisotopic (exact) mass is 332 g/mol. The van der Waals surface area contributed by atoms with E-state index in [0.29, 0.717) is 5.76 Å². The number of nitrogens with one attached hydrogen (secondary N) is 1. The lowest BCUT2D eigenvalue weighted by molar-refractivity contribution is 0.259. The van der Waals surface area contributed by atoms with Crippen molar-refractivity contribution < 1.29 is 12.8 Å². The van der Waals surface area contributed by atoms with Crippen molar-refractivity contribution in [2.45, 2.75) is 11.1 Å². The van der Waals surface area contributed by atoms with Crippen LogP contribution in [-0.4, -0.2) is 43.5 Å². The van der Waals surface area contributed by atoms with Gasteiger partial charge in [0.2, 0.25) is 5.03 Å². The van der Waals surface area contributed by atoms with Crippen molar-refractivity contribution in [3.05, 3.63) is 35.6 Å². The number of aryl methyl sites for hydroxylation is 1. The number of hydrogen-bond donors (Lipinski definition) is 1. The van der Waals surface area contributed by atoms with Gasteiger partial charge in [0.05, 0.1) is 18.6 Å². The summed E-state index contributed by atoms with van der Waals surface area (Å²) in [5, 5.41) is -0.106. The van der Waals surface area contributed by atoms with Crippen molar-refractivity contribution in [3.63, 3.8) is 0 Å². The molecule has 0 radical (unpaired) electrons. The Balaban J connectivity index is 2.15. The molecule has 0 unspecified atom stereocenters. The summed E-state index contributed by atoms with van der Waals surface area (Å²) in [7, 11) is 1.54. The van der Waals surface area contributed by atoms with Crippen LogP contribution in [0.25, 0.3) is 0 Å². The molecule has 0 saturated carbocycles. The number of halogens is 1. The molecule has 7 nitrogen and oxygen atoms in total. The summed E-state index contributed by atoms with van der Waals surface area (Å²) >= 11 is 5.92. The zero-order valence-electron chi connectivity index (χ0n) is 11.9. The molecule has 0 amide bonds. The minimum atomic E-state index is -3.77. The van der Waals surface area contributed by atoms with Crippen molar-refractivity contribution >= 4 is 21.6 Å². The SMILES string of the molecule is CN(C)[C@@H](CNS(=O)(=O)c1ncn(C)c1Cl)c1ccco1. The highest BCUT2D eigenvalue weighted by Gasteiger charge is 2.25. The average Bonchev–Trinajstić information content (AvgIpc) is 3.01. The maximum Gasteiger partial charge on any atom is 0.261 e. The van der Waals surface area contributed by atoms with E-state index in [4.69, 9.17) is 16.0 Å². The average molecular weight is 333 g/mol. The van der Waals surface area contributed by atoms with Crippen LogP contribution in [-0.2, 0) is 17.1 Å². The minimum absolute atomic E-state index is 0.0712. The van der Waals surface area contributed by atoms with Gasteiger partial charge in [-0.3, -0.25) is 4.90 Å². The standard InChI is InChI=1S/C12H17ClN4O3S/c1-16(2)9(10-5-4-6-20-10)7-15-21(18,19)12-11(13)17(3)8-14-12/h4-6,8-9,15H,7H2,1-3H3/t9-/m0/s1. The number of rotatable bonds is 6. The molecule has 2 aromatic rings. The predicted molar refractivity (Wildman–Crippen MR) is 78.5 cm³/mol. The number of furan rings is 1. The summed E-state index contributed by atoms with van der Waals surface area (Å²) < 4.78 is 33.8. The van der Waals surface area contributed by atoms with Crippen molar-refractivity contribution in [2.75, 3.05) is 20.6 Å². The lowest BCUT2D eigenvalue weighted by Gasteiger charge is -2.22. The van der Waals surface area contributed by atoms with E-state index in [0.717, 1.165) is 0 Å². The zero-order chi connectivity index (χ0) is 15.6. The maximum atomic E-state index is 12.2. The number of nitrogens with zero attached hydrogens (tertiary/aromatic N) is 3. The van der Waals surface area contributed by atoms with Gasteiger partial charge in [0.1, 0.15) is 10.9 Å². The van der Waals surface area contributed by atoms with Crippen LogP contribution in [0.3, 0.4) is 0 Å². The first-order valence-electron chi connectivity index (χ1n) is 6.19. The third-order valence-corrected chi connectivity index (χ3v) is 4.96. The fraction of sp³-hybridized carbons (Fsp3) is 0.417. The molecule has 9 heteroatoms. The van der Waals surface area contributed by atoms with Gasteiger partial charge in [0, 0.05) is 13.6 Å². The van der Waals surface area contributed by atoms with Crippen LogP contribution in [0.15, 0.2) is 34.2 Å². The number of aromatic nitrogens is 2. The van der Waals surface area contributed by atoms with Gasteiger partial charge in [-0.2, -0.15) is 0 Å². The van der Waals surface area contributed by atoms with E-state index in [1.165, 1.54) is 10.9 Å². The van der Waals surface area contributed by atoms with Gasteiger partial charge in [-0.05, 0) is 26.2 Å². The Bertz CT molecular complexity index is 694. The van der Waals surface area contributed by atoms with Gasteiger partial charge >= 0.3 is 0 Å². The molecule has 0 aliphatic carbocycles. The zero-order valence-corrected chi connectivity index (χ0v) is 13.5. The fourth-order valence-corrected chi connectivity index (χ4v) is 3.31. The predicted octanol–water partition coefficient (Wildman–Crippen LogP) is 1.25. The van der Waals surface area contributed by atoms with E-state index >= 15 is 0 Å². The van der Waals surface area contributed by atoms with Crippen LogP contribution in [0.2, 0.25) is 5.15 Å². The molecule has 0 aliphatic rings. The molecule has 2 heterocycles. The second-order valence-corrected chi connectivity index (χ2v) is 6.84. The molecule has 0 spiro atoms. The summed E-state index contributed by atoms with van der Waals surface area (Å²) in [5.74, 6) is 0.676. The van der Waals surface area contributed by atoms with E-state index in [1.54, 1.807) is 25.4 Å². The molecule has 0 aliphatic heterocycles. The first kappa shape index (κ1) is 16.0. The van der Waals surface area contributed by atoms with E-state index in [2.05, 4.69) is 9.71 Å². The Morgan fingerprint density at radius 2 is 2.24 bits per heavy atom. The highest BCUT2D eigenvalue weighted by Crippen LogP contribution is 2.21. The molecule has 2 rings (SSSR count). The van der Waals surface area contributed by atoms with Gasteiger partial charge < -0.3 is 8.98 Å². The Labute approximate surface area is 128 Å². The lowest BCUT2D eigenvalue weighted by Crippen LogP contribution is -2.34. The van der Waals surface area contributed by atoms with Crippen LogP contribution in [0.4, 0.5) is 0 Å². The smallest absolute Gasteiger partial charge is 0.261 e. The highest BCUT2D eigenvalue weighted by atomic mass is 35.5. The van der Waals surface area contributed by atoms with Crippen molar-refractivity contribution in [1.29, 1.82) is 0 Å². The van der Waals surface area contributed by atoms with Crippen LogP contribution >= 0.6 is 11.6 Å². The largest absolute Gasteiger partial charge is 0.468 e. The number of likely N-dealkylation sites (N-methyl/N-ethyl adjacent to an activating group) is 1. The number of sulfonamides is 1. The highest BCUT2D eigenvalue weighted by molar-refractivity contribution is 7.89. The van der Waals surface area contributed by atoms with Gasteiger partial charge in [0.25, 0.3) is 10.0 Å². The Morgan fingerprint density at radius 1 is 1.52 bits per heavy atom. The minimum Gasteiger partial charge on any atom is -0.468 e. The third-order valence-electron chi connectivity index (χ3n) is 3.05. The first-order chi connectivity index (χ1) is 9.83. The van der Waals surface area contributed by atoms with Crippen LogP contribution in [0.5, 0.6) is 0 Å². The first-order valence-corrected chi connectivity index (χ1v) is 8.05. The molecule has 21 heavy (non-hydrogen) atoms. The van der Waals surface area contributed by atoms with Gasteiger partial charge in [-0.25, -0.2) is 18.1 Å². The molecule has 0 fully saturated rings. The van der Waals surface area contributed by atoms with E-state index in [1.807, 2.05) is 19.0 Å². The van der Waals surface area contributed by atoms with E-state index < -0.39 is 10.0 Å². The summed E-state index contributed by atoms with van der Waals surface area (Å²) in [6.07, 6.45) is 2.91. The van der Waals surface area contributed by atoms with E-state index in [-0.39, 0.29) is 22.8 Å². The molecule has 116 valence electrons. The molecule has 0 aromatic carbocycles. The molecule has 0 bridgehead atoms. The maximum absolute atomic E-state index is 12.2. The van der Waals surface area contributed by atoms with Crippen molar-refractivity contribution in [1.82, 2.24) is 19.2 Å². The van der Waals surface area contributed by atoms with Crippen LogP contribution in [0, 0.1) is 0 Å². The second-order valence-electron chi connectivity index (χ2n) is 4.80. The van der Waals surface area contributed by atoms with Gasteiger partial charge in [-0.15, -0.1) is 0 Å². The Morgan fingerprint density at radius 3 is 2.71 bits per heavy atom. The summed E-state index contributed by atoms with van der Waals surface area (Å²) in [5.41, 5.74) is 0. The Kier molecular flexibility index (Phi) is 4.72. The number of hydrogen-bond acceptors (Lipinski definition) is 5. The van der Waals surface area contributed by atoms with Crippen LogP contribution in [0.1, 0.15) is 11.8 Å². The lowest BCUT2D eigenvalue weighted by atomic mass is 10.2. The van der Waals surface area contributed by atoms with Gasteiger partial charge in [-0.1, -0.05) is 11.6 Å². The van der Waals surface area contributed by atoms with Gasteiger partial charge in [0.15, 0.2) is 0 Å². The quantitative estimate of drug-likeness (QED) is 0.861. The summed E-state index contributed by atoms with van der Waals surface area (Å²) in [6.45, 7) is 0.149.